The predicted molar refractivity (Wildman–Crippen MR) is 101 cm³/mol. The zero-order chi connectivity index (χ0) is 18.8. The molecule has 0 unspecified atom stereocenters. The molecule has 0 fully saturated rings. The average Bonchev–Trinajstić information content (AvgIpc) is 2.86. The maximum Gasteiger partial charge on any atom is 0.303 e. The quantitative estimate of drug-likeness (QED) is 0.606. The fourth-order valence-electron chi connectivity index (χ4n) is 3.06. The number of benzene rings is 2. The molecule has 6 nitrogen and oxygen atoms in total. The normalized spacial score (nSPS) is 11.0. The van der Waals surface area contributed by atoms with Gasteiger partial charge in [-0.05, 0) is 30.2 Å². The van der Waals surface area contributed by atoms with Crippen LogP contribution in [0.4, 0.5) is 0 Å². The molecule has 0 radical (unpaired) electrons. The van der Waals surface area contributed by atoms with Crippen molar-refractivity contribution >= 4 is 38.7 Å². The number of rotatable bonds is 6. The highest BCUT2D eigenvalue weighted by Crippen LogP contribution is 2.20. The van der Waals surface area contributed by atoms with Gasteiger partial charge in [-0.1, -0.05) is 40.2 Å². The van der Waals surface area contributed by atoms with Crippen LogP contribution in [-0.2, 0) is 24.8 Å². The summed E-state index contributed by atoms with van der Waals surface area (Å²) in [5.41, 5.74) is 3.19. The number of carbonyl (C=O) groups is 2. The standard InChI is InChI=1S/C19H18BrN3O3/c1-22-18-13(7-10-17(25)26)3-2-4-15(18)23(19(22)21)11-16(24)12-5-8-14(20)9-6-12/h2-6,8-9,21H,7,10-11H2,1H3,(H,25,26). The lowest BCUT2D eigenvalue weighted by Crippen LogP contribution is -2.25. The second kappa shape index (κ2) is 7.29. The van der Waals surface area contributed by atoms with E-state index in [1.54, 1.807) is 28.3 Å². The van der Waals surface area contributed by atoms with Crippen LogP contribution in [0.15, 0.2) is 46.9 Å². The molecule has 0 atom stereocenters. The van der Waals surface area contributed by atoms with Gasteiger partial charge in [0.1, 0.15) is 0 Å². The summed E-state index contributed by atoms with van der Waals surface area (Å²) in [7, 11) is 1.76. The van der Waals surface area contributed by atoms with Crippen LogP contribution in [0.25, 0.3) is 11.0 Å². The van der Waals surface area contributed by atoms with Crippen LogP contribution in [-0.4, -0.2) is 26.0 Å². The number of carboxylic acids is 1. The molecule has 3 rings (SSSR count). The van der Waals surface area contributed by atoms with E-state index in [-0.39, 0.29) is 24.4 Å². The first-order valence-electron chi connectivity index (χ1n) is 8.10. The Morgan fingerprint density at radius 3 is 2.50 bits per heavy atom. The summed E-state index contributed by atoms with van der Waals surface area (Å²) in [5.74, 6) is -0.944. The summed E-state index contributed by atoms with van der Waals surface area (Å²) in [5, 5.41) is 17.3. The van der Waals surface area contributed by atoms with Crippen molar-refractivity contribution < 1.29 is 14.7 Å². The molecule has 0 spiro atoms. The van der Waals surface area contributed by atoms with Crippen molar-refractivity contribution in [2.75, 3.05) is 0 Å². The number of halogens is 1. The molecule has 0 amide bonds. The number of Topliss-reactive ketones (excluding diaryl/α,β-unsaturated/α-hetero) is 1. The molecule has 134 valence electrons. The topological polar surface area (TPSA) is 88.1 Å². The van der Waals surface area contributed by atoms with Crippen LogP contribution in [0.1, 0.15) is 22.3 Å². The van der Waals surface area contributed by atoms with E-state index in [0.29, 0.717) is 12.0 Å². The number of carbonyl (C=O) groups excluding carboxylic acids is 1. The molecule has 26 heavy (non-hydrogen) atoms. The monoisotopic (exact) mass is 415 g/mol. The number of aliphatic carboxylic acids is 1. The Labute approximate surface area is 158 Å². The Morgan fingerprint density at radius 1 is 1.15 bits per heavy atom. The third-order valence-corrected chi connectivity index (χ3v) is 4.90. The zero-order valence-electron chi connectivity index (χ0n) is 14.2. The van der Waals surface area contributed by atoms with Crippen LogP contribution < -0.4 is 5.62 Å². The molecule has 0 aliphatic carbocycles. The first-order valence-corrected chi connectivity index (χ1v) is 8.90. The number of hydrogen-bond acceptors (Lipinski definition) is 3. The smallest absolute Gasteiger partial charge is 0.303 e. The Morgan fingerprint density at radius 2 is 1.85 bits per heavy atom. The Balaban J connectivity index is 2.01. The van der Waals surface area contributed by atoms with E-state index in [9.17, 15) is 9.59 Å². The largest absolute Gasteiger partial charge is 0.481 e. The minimum Gasteiger partial charge on any atom is -0.481 e. The highest BCUT2D eigenvalue weighted by molar-refractivity contribution is 9.10. The minimum absolute atomic E-state index is 0.0233. The van der Waals surface area contributed by atoms with Gasteiger partial charge in [-0.2, -0.15) is 0 Å². The van der Waals surface area contributed by atoms with Gasteiger partial charge in [0.25, 0.3) is 0 Å². The lowest BCUT2D eigenvalue weighted by atomic mass is 10.1. The summed E-state index contributed by atoms with van der Waals surface area (Å²) in [6.07, 6.45) is 0.403. The molecule has 0 aliphatic rings. The van der Waals surface area contributed by atoms with Gasteiger partial charge >= 0.3 is 5.97 Å². The molecule has 0 saturated carbocycles. The van der Waals surface area contributed by atoms with E-state index in [0.717, 1.165) is 21.1 Å². The van der Waals surface area contributed by atoms with E-state index < -0.39 is 5.97 Å². The van der Waals surface area contributed by atoms with E-state index >= 15 is 0 Å². The third kappa shape index (κ3) is 3.48. The van der Waals surface area contributed by atoms with Gasteiger partial charge in [0.05, 0.1) is 17.6 Å². The van der Waals surface area contributed by atoms with Crippen molar-refractivity contribution in [3.63, 3.8) is 0 Å². The van der Waals surface area contributed by atoms with Crippen molar-refractivity contribution in [1.82, 2.24) is 9.13 Å². The van der Waals surface area contributed by atoms with Gasteiger partial charge in [0.2, 0.25) is 5.62 Å². The van der Waals surface area contributed by atoms with Crippen molar-refractivity contribution in [1.29, 1.82) is 5.41 Å². The number of ketones is 1. The van der Waals surface area contributed by atoms with E-state index in [4.69, 9.17) is 10.5 Å². The molecular weight excluding hydrogens is 398 g/mol. The Bertz CT molecular complexity index is 1050. The van der Waals surface area contributed by atoms with Crippen molar-refractivity contribution in [2.24, 2.45) is 7.05 Å². The second-order valence-electron chi connectivity index (χ2n) is 6.08. The van der Waals surface area contributed by atoms with E-state index in [1.807, 2.05) is 30.3 Å². The Hall–Kier alpha value is -2.67. The van der Waals surface area contributed by atoms with Crippen LogP contribution in [0, 0.1) is 5.41 Å². The summed E-state index contributed by atoms with van der Waals surface area (Å²) in [6, 6.07) is 12.7. The first-order chi connectivity index (χ1) is 12.4. The molecule has 2 N–H and O–H groups in total. The number of para-hydroxylation sites is 1. The van der Waals surface area contributed by atoms with Gasteiger partial charge in [0.15, 0.2) is 5.78 Å². The van der Waals surface area contributed by atoms with Crippen molar-refractivity contribution in [3.8, 4) is 0 Å². The number of nitrogens with one attached hydrogen (secondary N) is 1. The lowest BCUT2D eigenvalue weighted by Gasteiger charge is -2.06. The molecule has 2 aromatic carbocycles. The van der Waals surface area contributed by atoms with E-state index in [1.165, 1.54) is 0 Å². The van der Waals surface area contributed by atoms with Crippen molar-refractivity contribution in [2.45, 2.75) is 19.4 Å². The predicted octanol–water partition coefficient (Wildman–Crippen LogP) is 3.12. The van der Waals surface area contributed by atoms with Crippen LogP contribution >= 0.6 is 15.9 Å². The molecule has 3 aromatic rings. The van der Waals surface area contributed by atoms with Gasteiger partial charge in [0, 0.05) is 23.5 Å². The minimum atomic E-state index is -0.861. The van der Waals surface area contributed by atoms with Gasteiger partial charge < -0.3 is 14.2 Å². The fourth-order valence-corrected chi connectivity index (χ4v) is 3.32. The fraction of sp³-hybridized carbons (Fsp3) is 0.211. The SMILES string of the molecule is Cn1c(=N)n(CC(=O)c2ccc(Br)cc2)c2cccc(CCC(=O)O)c21. The van der Waals surface area contributed by atoms with Crippen molar-refractivity contribution in [3.05, 3.63) is 63.7 Å². The number of nitrogens with zero attached hydrogens (tertiary/aromatic N) is 2. The molecule has 0 bridgehead atoms. The zero-order valence-corrected chi connectivity index (χ0v) is 15.8. The molecular formula is C19H18BrN3O3. The lowest BCUT2D eigenvalue weighted by molar-refractivity contribution is -0.136. The summed E-state index contributed by atoms with van der Waals surface area (Å²) >= 11 is 3.35. The van der Waals surface area contributed by atoms with E-state index in [2.05, 4.69) is 15.9 Å². The average molecular weight is 416 g/mol. The Kier molecular flexibility index (Phi) is 5.08. The number of fused-ring (bicyclic) bond motifs is 1. The summed E-state index contributed by atoms with van der Waals surface area (Å²) in [4.78, 5) is 23.5. The van der Waals surface area contributed by atoms with Crippen LogP contribution in [0.3, 0.4) is 0 Å². The highest BCUT2D eigenvalue weighted by Gasteiger charge is 2.16. The first kappa shape index (κ1) is 18.1. The number of imidazole rings is 1. The molecule has 7 heteroatoms. The number of aryl methyl sites for hydroxylation is 2. The van der Waals surface area contributed by atoms with Crippen LogP contribution in [0.2, 0.25) is 0 Å². The molecule has 0 saturated heterocycles. The van der Waals surface area contributed by atoms with Gasteiger partial charge in [-0.3, -0.25) is 15.0 Å². The second-order valence-corrected chi connectivity index (χ2v) is 6.99. The van der Waals surface area contributed by atoms with Gasteiger partial charge in [-0.25, -0.2) is 0 Å². The molecule has 1 aromatic heterocycles. The number of hydrogen-bond donors (Lipinski definition) is 2. The highest BCUT2D eigenvalue weighted by atomic mass is 79.9. The summed E-state index contributed by atoms with van der Waals surface area (Å²) in [6.45, 7) is 0.0557. The summed E-state index contributed by atoms with van der Waals surface area (Å²) < 4.78 is 4.25. The third-order valence-electron chi connectivity index (χ3n) is 4.37. The number of carboxylic acid groups (broad SMARTS) is 1. The van der Waals surface area contributed by atoms with Gasteiger partial charge in [-0.15, -0.1) is 0 Å². The van der Waals surface area contributed by atoms with Crippen LogP contribution in [0.5, 0.6) is 0 Å². The number of aromatic nitrogens is 2. The molecule has 1 heterocycles. The maximum atomic E-state index is 12.6. The molecule has 0 aliphatic heterocycles. The maximum absolute atomic E-state index is 12.6.